The van der Waals surface area contributed by atoms with Crippen molar-refractivity contribution in [3.8, 4) is 0 Å². The molecule has 1 rings (SSSR count). The van der Waals surface area contributed by atoms with Crippen LogP contribution in [0.1, 0.15) is 13.8 Å². The Labute approximate surface area is 88.2 Å². The van der Waals surface area contributed by atoms with E-state index >= 15 is 0 Å². The number of nitrogens with one attached hydrogen (secondary N) is 2. The molecule has 80 valence electrons. The molecule has 2 amide bonds. The molecule has 14 heavy (non-hydrogen) atoms. The lowest BCUT2D eigenvalue weighted by Crippen LogP contribution is -2.51. The first-order valence-electron chi connectivity index (χ1n) is 4.74. The van der Waals surface area contributed by atoms with E-state index in [1.807, 2.05) is 13.8 Å². The predicted molar refractivity (Wildman–Crippen MR) is 57.1 cm³/mol. The summed E-state index contributed by atoms with van der Waals surface area (Å²) in [5, 5.41) is 5.47. The van der Waals surface area contributed by atoms with E-state index < -0.39 is 0 Å². The second-order valence-corrected chi connectivity index (χ2v) is 4.80. The first-order valence-corrected chi connectivity index (χ1v) is 5.90. The summed E-state index contributed by atoms with van der Waals surface area (Å²) in [7, 11) is 0. The molecule has 2 N–H and O–H groups in total. The average molecular weight is 216 g/mol. The van der Waals surface area contributed by atoms with Gasteiger partial charge in [-0.1, -0.05) is 13.8 Å². The number of carbonyl (C=O) groups is 2. The lowest BCUT2D eigenvalue weighted by atomic mass is 10.2. The molecule has 1 fully saturated rings. The van der Waals surface area contributed by atoms with Gasteiger partial charge < -0.3 is 10.6 Å². The Morgan fingerprint density at radius 1 is 1.71 bits per heavy atom. The van der Waals surface area contributed by atoms with Crippen LogP contribution < -0.4 is 10.6 Å². The summed E-state index contributed by atoms with van der Waals surface area (Å²) in [6, 6.07) is -0.347. The van der Waals surface area contributed by atoms with Gasteiger partial charge in [0.05, 0.1) is 5.75 Å². The number of rotatable bonds is 3. The van der Waals surface area contributed by atoms with Crippen molar-refractivity contribution in [3.63, 3.8) is 0 Å². The van der Waals surface area contributed by atoms with Crippen LogP contribution in [0.4, 0.5) is 0 Å². The maximum Gasteiger partial charge on any atom is 0.243 e. The molecule has 5 heteroatoms. The Morgan fingerprint density at radius 3 is 3.00 bits per heavy atom. The second-order valence-electron chi connectivity index (χ2n) is 3.77. The van der Waals surface area contributed by atoms with Crippen LogP contribution in [0.25, 0.3) is 0 Å². The van der Waals surface area contributed by atoms with Gasteiger partial charge in [0.2, 0.25) is 11.8 Å². The van der Waals surface area contributed by atoms with Gasteiger partial charge in [-0.25, -0.2) is 0 Å². The van der Waals surface area contributed by atoms with Crippen molar-refractivity contribution >= 4 is 23.6 Å². The Balaban J connectivity index is 2.32. The van der Waals surface area contributed by atoms with Crippen molar-refractivity contribution in [1.29, 1.82) is 0 Å². The summed E-state index contributed by atoms with van der Waals surface area (Å²) in [5.74, 6) is 1.46. The topological polar surface area (TPSA) is 58.2 Å². The Hall–Kier alpha value is -0.710. The third kappa shape index (κ3) is 3.57. The fourth-order valence-electron chi connectivity index (χ4n) is 1.12. The number of amides is 2. The Kier molecular flexibility index (Phi) is 4.25. The molecule has 0 aromatic heterocycles. The van der Waals surface area contributed by atoms with E-state index in [1.54, 1.807) is 0 Å². The highest BCUT2D eigenvalue weighted by Crippen LogP contribution is 2.08. The van der Waals surface area contributed by atoms with Crippen LogP contribution in [-0.4, -0.2) is 35.9 Å². The monoisotopic (exact) mass is 216 g/mol. The zero-order valence-corrected chi connectivity index (χ0v) is 9.32. The lowest BCUT2D eigenvalue weighted by Gasteiger charge is -2.22. The van der Waals surface area contributed by atoms with Crippen LogP contribution in [-0.2, 0) is 9.59 Å². The highest BCUT2D eigenvalue weighted by Gasteiger charge is 2.24. The summed E-state index contributed by atoms with van der Waals surface area (Å²) >= 11 is 1.50. The molecule has 0 saturated carbocycles. The van der Waals surface area contributed by atoms with Crippen LogP contribution in [0.2, 0.25) is 0 Å². The molecule has 4 nitrogen and oxygen atoms in total. The van der Waals surface area contributed by atoms with E-state index in [0.29, 0.717) is 24.0 Å². The zero-order valence-electron chi connectivity index (χ0n) is 8.50. The van der Waals surface area contributed by atoms with Crippen molar-refractivity contribution in [3.05, 3.63) is 0 Å². The van der Waals surface area contributed by atoms with Gasteiger partial charge in [0, 0.05) is 12.3 Å². The third-order valence-corrected chi connectivity index (χ3v) is 2.89. The van der Waals surface area contributed by atoms with Gasteiger partial charge in [0.1, 0.15) is 6.04 Å². The molecule has 1 saturated heterocycles. The summed E-state index contributed by atoms with van der Waals surface area (Å²) in [5.41, 5.74) is 0. The lowest BCUT2D eigenvalue weighted by molar-refractivity contribution is -0.127. The van der Waals surface area contributed by atoms with E-state index in [0.717, 1.165) is 0 Å². The standard InChI is InChI=1S/C9H16N2O2S/c1-6(2)3-10-9(13)7-4-14-5-8(12)11-7/h6-7H,3-5H2,1-2H3,(H,10,13)(H,11,12). The molecule has 0 aromatic rings. The maximum absolute atomic E-state index is 11.5. The van der Waals surface area contributed by atoms with Crippen LogP contribution >= 0.6 is 11.8 Å². The molecule has 0 bridgehead atoms. The van der Waals surface area contributed by atoms with Crippen molar-refractivity contribution < 1.29 is 9.59 Å². The van der Waals surface area contributed by atoms with Crippen LogP contribution in [0.15, 0.2) is 0 Å². The highest BCUT2D eigenvalue weighted by molar-refractivity contribution is 8.00. The summed E-state index contributed by atoms with van der Waals surface area (Å²) < 4.78 is 0. The van der Waals surface area contributed by atoms with E-state index in [-0.39, 0.29) is 17.9 Å². The third-order valence-electron chi connectivity index (χ3n) is 1.85. The van der Waals surface area contributed by atoms with E-state index in [2.05, 4.69) is 10.6 Å². The van der Waals surface area contributed by atoms with Gasteiger partial charge in [-0.3, -0.25) is 9.59 Å². The van der Waals surface area contributed by atoms with Gasteiger partial charge in [-0.05, 0) is 5.92 Å². The normalized spacial score (nSPS) is 21.9. The second kappa shape index (κ2) is 5.24. The van der Waals surface area contributed by atoms with Crippen LogP contribution in [0, 0.1) is 5.92 Å². The quantitative estimate of drug-likeness (QED) is 0.697. The minimum absolute atomic E-state index is 0.0500. The van der Waals surface area contributed by atoms with Crippen LogP contribution in [0.5, 0.6) is 0 Å². The number of carbonyl (C=O) groups excluding carboxylic acids is 2. The molecule has 1 heterocycles. The van der Waals surface area contributed by atoms with Crippen molar-refractivity contribution in [2.24, 2.45) is 5.92 Å². The summed E-state index contributed by atoms with van der Waals surface area (Å²) in [6.45, 7) is 4.73. The predicted octanol–water partition coefficient (Wildman–Crippen LogP) is -0.00980. The molecule has 0 aliphatic carbocycles. The molecular formula is C9H16N2O2S. The number of hydrogen-bond donors (Lipinski definition) is 2. The van der Waals surface area contributed by atoms with Crippen molar-refractivity contribution in [2.45, 2.75) is 19.9 Å². The number of thioether (sulfide) groups is 1. The highest BCUT2D eigenvalue weighted by atomic mass is 32.2. The first-order chi connectivity index (χ1) is 6.59. The van der Waals surface area contributed by atoms with Gasteiger partial charge >= 0.3 is 0 Å². The number of hydrogen-bond acceptors (Lipinski definition) is 3. The maximum atomic E-state index is 11.5. The first kappa shape index (κ1) is 11.4. The van der Waals surface area contributed by atoms with Gasteiger partial charge in [0.15, 0.2) is 0 Å². The molecule has 1 aliphatic rings. The minimum Gasteiger partial charge on any atom is -0.354 e. The summed E-state index contributed by atoms with van der Waals surface area (Å²) in [4.78, 5) is 22.5. The molecule has 1 atom stereocenters. The molecular weight excluding hydrogens is 200 g/mol. The fraction of sp³-hybridized carbons (Fsp3) is 0.778. The molecule has 0 radical (unpaired) electrons. The van der Waals surface area contributed by atoms with Crippen molar-refractivity contribution in [1.82, 2.24) is 10.6 Å². The smallest absolute Gasteiger partial charge is 0.243 e. The molecule has 1 aliphatic heterocycles. The van der Waals surface area contributed by atoms with Gasteiger partial charge in [-0.2, -0.15) is 0 Å². The Morgan fingerprint density at radius 2 is 2.43 bits per heavy atom. The Bertz CT molecular complexity index is 231. The SMILES string of the molecule is CC(C)CNC(=O)C1CSCC(=O)N1. The molecule has 0 aromatic carbocycles. The molecule has 1 unspecified atom stereocenters. The average Bonchev–Trinajstić information content (AvgIpc) is 2.14. The van der Waals surface area contributed by atoms with E-state index in [4.69, 9.17) is 0 Å². The zero-order chi connectivity index (χ0) is 10.6. The fourth-order valence-corrected chi connectivity index (χ4v) is 1.97. The van der Waals surface area contributed by atoms with E-state index in [9.17, 15) is 9.59 Å². The molecule has 0 spiro atoms. The minimum atomic E-state index is -0.347. The van der Waals surface area contributed by atoms with E-state index in [1.165, 1.54) is 11.8 Å². The van der Waals surface area contributed by atoms with Crippen LogP contribution in [0.3, 0.4) is 0 Å². The summed E-state index contributed by atoms with van der Waals surface area (Å²) in [6.07, 6.45) is 0. The van der Waals surface area contributed by atoms with Gasteiger partial charge in [-0.15, -0.1) is 11.8 Å². The largest absolute Gasteiger partial charge is 0.354 e. The van der Waals surface area contributed by atoms with Gasteiger partial charge in [0.25, 0.3) is 0 Å². The van der Waals surface area contributed by atoms with Crippen molar-refractivity contribution in [2.75, 3.05) is 18.1 Å².